The number of benzene rings is 1. The highest BCUT2D eigenvalue weighted by atomic mass is 32.1. The number of aliphatic hydroxyl groups excluding tert-OH is 1. The topological polar surface area (TPSA) is 75.1 Å². The summed E-state index contributed by atoms with van der Waals surface area (Å²) in [6.07, 6.45) is -4.70. The SMILES string of the molecule is Cc1nnc(-c2ccc(C(O)C(CF)NC(=O)C(F)F)cc2)s1. The minimum Gasteiger partial charge on any atom is -0.386 e. The van der Waals surface area contributed by atoms with E-state index in [1.165, 1.54) is 23.5 Å². The molecule has 0 saturated carbocycles. The summed E-state index contributed by atoms with van der Waals surface area (Å²) in [6.45, 7) is 0.647. The Hall–Kier alpha value is -2.00. The molecule has 2 aromatic rings. The Balaban J connectivity index is 2.12. The normalized spacial score (nSPS) is 13.8. The molecule has 0 spiro atoms. The molecule has 2 unspecified atom stereocenters. The van der Waals surface area contributed by atoms with Crippen molar-refractivity contribution in [2.45, 2.75) is 25.5 Å². The van der Waals surface area contributed by atoms with Crippen molar-refractivity contribution in [3.8, 4) is 10.6 Å². The Morgan fingerprint density at radius 3 is 2.43 bits per heavy atom. The lowest BCUT2D eigenvalue weighted by atomic mass is 10.0. The molecule has 2 rings (SSSR count). The number of aromatic nitrogens is 2. The zero-order valence-electron chi connectivity index (χ0n) is 12.0. The maximum Gasteiger partial charge on any atom is 0.315 e. The maximum absolute atomic E-state index is 12.9. The maximum atomic E-state index is 12.9. The highest BCUT2D eigenvalue weighted by Crippen LogP contribution is 2.26. The van der Waals surface area contributed by atoms with E-state index in [1.807, 2.05) is 6.92 Å². The molecule has 1 amide bonds. The molecule has 124 valence electrons. The largest absolute Gasteiger partial charge is 0.386 e. The quantitative estimate of drug-likeness (QED) is 0.842. The van der Waals surface area contributed by atoms with Crippen molar-refractivity contribution < 1.29 is 23.1 Å². The predicted octanol–water partition coefficient (Wildman–Crippen LogP) is 2.27. The Morgan fingerprint density at radius 2 is 1.96 bits per heavy atom. The standard InChI is InChI=1S/C14H14F3N3O2S/c1-7-19-20-14(23-7)9-4-2-8(3-5-9)11(21)10(6-15)18-13(22)12(16)17/h2-5,10-12,21H,6H2,1H3,(H,18,22). The molecule has 9 heteroatoms. The van der Waals surface area contributed by atoms with Gasteiger partial charge >= 0.3 is 6.43 Å². The molecule has 0 aliphatic carbocycles. The Bertz CT molecular complexity index is 664. The number of nitrogens with one attached hydrogen (secondary N) is 1. The van der Waals surface area contributed by atoms with Crippen molar-refractivity contribution in [1.29, 1.82) is 0 Å². The van der Waals surface area contributed by atoms with Gasteiger partial charge in [-0.25, -0.2) is 4.39 Å². The summed E-state index contributed by atoms with van der Waals surface area (Å²) in [5.41, 5.74) is 1.06. The highest BCUT2D eigenvalue weighted by molar-refractivity contribution is 7.14. The number of aryl methyl sites for hydroxylation is 1. The van der Waals surface area contributed by atoms with Gasteiger partial charge in [-0.3, -0.25) is 4.79 Å². The lowest BCUT2D eigenvalue weighted by Crippen LogP contribution is -2.43. The van der Waals surface area contributed by atoms with Crippen molar-refractivity contribution in [3.63, 3.8) is 0 Å². The van der Waals surface area contributed by atoms with Gasteiger partial charge in [0.15, 0.2) is 0 Å². The van der Waals surface area contributed by atoms with Crippen LogP contribution in [0, 0.1) is 6.92 Å². The number of halogens is 3. The van der Waals surface area contributed by atoms with Crippen LogP contribution in [0.3, 0.4) is 0 Å². The third-order valence-electron chi connectivity index (χ3n) is 3.10. The van der Waals surface area contributed by atoms with Crippen LogP contribution in [0.25, 0.3) is 10.6 Å². The molecule has 1 aromatic carbocycles. The molecule has 1 heterocycles. The fraction of sp³-hybridized carbons (Fsp3) is 0.357. The molecule has 0 aliphatic heterocycles. The molecule has 0 aliphatic rings. The summed E-state index contributed by atoms with van der Waals surface area (Å²) >= 11 is 1.39. The van der Waals surface area contributed by atoms with Gasteiger partial charge in [0.1, 0.15) is 22.8 Å². The second-order valence-corrected chi connectivity index (χ2v) is 5.94. The average molecular weight is 345 g/mol. The van der Waals surface area contributed by atoms with Crippen molar-refractivity contribution in [1.82, 2.24) is 15.5 Å². The van der Waals surface area contributed by atoms with Crippen LogP contribution in [-0.4, -0.2) is 40.4 Å². The minimum atomic E-state index is -3.26. The van der Waals surface area contributed by atoms with Gasteiger partial charge in [-0.2, -0.15) is 8.78 Å². The van der Waals surface area contributed by atoms with E-state index in [9.17, 15) is 23.1 Å². The molecule has 23 heavy (non-hydrogen) atoms. The number of nitrogens with zero attached hydrogens (tertiary/aromatic N) is 2. The molecule has 2 atom stereocenters. The van der Waals surface area contributed by atoms with Crippen molar-refractivity contribution in [3.05, 3.63) is 34.8 Å². The molecule has 1 aromatic heterocycles. The second-order valence-electron chi connectivity index (χ2n) is 4.76. The smallest absolute Gasteiger partial charge is 0.315 e. The number of amides is 1. The summed E-state index contributed by atoms with van der Waals surface area (Å²) < 4.78 is 37.3. The first kappa shape index (κ1) is 17.4. The Kier molecular flexibility index (Phi) is 5.67. The van der Waals surface area contributed by atoms with Gasteiger partial charge in [0.2, 0.25) is 0 Å². The van der Waals surface area contributed by atoms with Gasteiger partial charge in [0.25, 0.3) is 5.91 Å². The Labute approximate surface area is 134 Å². The molecule has 5 nitrogen and oxygen atoms in total. The van der Waals surface area contributed by atoms with E-state index in [0.29, 0.717) is 10.6 Å². The first-order chi connectivity index (χ1) is 10.9. The first-order valence-corrected chi connectivity index (χ1v) is 7.47. The van der Waals surface area contributed by atoms with Crippen LogP contribution in [0.15, 0.2) is 24.3 Å². The van der Waals surface area contributed by atoms with Crippen molar-refractivity contribution in [2.75, 3.05) is 6.67 Å². The van der Waals surface area contributed by atoms with Gasteiger partial charge in [0, 0.05) is 5.56 Å². The van der Waals surface area contributed by atoms with E-state index in [-0.39, 0.29) is 0 Å². The van der Waals surface area contributed by atoms with E-state index in [2.05, 4.69) is 10.2 Å². The highest BCUT2D eigenvalue weighted by Gasteiger charge is 2.26. The lowest BCUT2D eigenvalue weighted by molar-refractivity contribution is -0.133. The zero-order valence-corrected chi connectivity index (χ0v) is 12.9. The van der Waals surface area contributed by atoms with Crippen molar-refractivity contribution >= 4 is 17.2 Å². The van der Waals surface area contributed by atoms with Crippen LogP contribution >= 0.6 is 11.3 Å². The van der Waals surface area contributed by atoms with Crippen LogP contribution in [0.1, 0.15) is 16.7 Å². The summed E-state index contributed by atoms with van der Waals surface area (Å²) in [4.78, 5) is 10.9. The molecular weight excluding hydrogens is 331 g/mol. The molecule has 0 bridgehead atoms. The van der Waals surface area contributed by atoms with Crippen LogP contribution in [0.5, 0.6) is 0 Å². The fourth-order valence-electron chi connectivity index (χ4n) is 1.92. The second kappa shape index (κ2) is 7.51. The number of alkyl halides is 3. The lowest BCUT2D eigenvalue weighted by Gasteiger charge is -2.21. The number of rotatable bonds is 6. The van der Waals surface area contributed by atoms with Gasteiger partial charge in [-0.15, -0.1) is 10.2 Å². The fourth-order valence-corrected chi connectivity index (χ4v) is 2.61. The summed E-state index contributed by atoms with van der Waals surface area (Å²) in [5.74, 6) is -1.62. The third-order valence-corrected chi connectivity index (χ3v) is 3.99. The van der Waals surface area contributed by atoms with Crippen LogP contribution < -0.4 is 5.32 Å². The number of carbonyl (C=O) groups excluding carboxylic acids is 1. The summed E-state index contributed by atoms with van der Waals surface area (Å²) in [6, 6.07) is 4.92. The van der Waals surface area contributed by atoms with E-state index in [1.54, 1.807) is 17.4 Å². The van der Waals surface area contributed by atoms with E-state index >= 15 is 0 Å². The average Bonchev–Trinajstić information content (AvgIpc) is 2.98. The molecule has 2 N–H and O–H groups in total. The molecule has 0 fully saturated rings. The van der Waals surface area contributed by atoms with Gasteiger partial charge < -0.3 is 10.4 Å². The van der Waals surface area contributed by atoms with E-state index < -0.39 is 31.2 Å². The molecule has 0 saturated heterocycles. The number of hydrogen-bond donors (Lipinski definition) is 2. The zero-order chi connectivity index (χ0) is 17.0. The monoisotopic (exact) mass is 345 g/mol. The summed E-state index contributed by atoms with van der Waals surface area (Å²) in [7, 11) is 0. The first-order valence-electron chi connectivity index (χ1n) is 6.65. The Morgan fingerprint density at radius 1 is 1.30 bits per heavy atom. The molecule has 0 radical (unpaired) electrons. The minimum absolute atomic E-state index is 0.298. The number of aliphatic hydroxyl groups is 1. The van der Waals surface area contributed by atoms with Gasteiger partial charge in [-0.05, 0) is 12.5 Å². The van der Waals surface area contributed by atoms with E-state index in [0.717, 1.165) is 10.6 Å². The number of hydrogen-bond acceptors (Lipinski definition) is 5. The van der Waals surface area contributed by atoms with Crippen LogP contribution in [0.2, 0.25) is 0 Å². The third kappa shape index (κ3) is 4.26. The molecular formula is C14H14F3N3O2S. The predicted molar refractivity (Wildman–Crippen MR) is 79.0 cm³/mol. The van der Waals surface area contributed by atoms with Crippen LogP contribution in [0.4, 0.5) is 13.2 Å². The van der Waals surface area contributed by atoms with Crippen molar-refractivity contribution in [2.24, 2.45) is 0 Å². The van der Waals surface area contributed by atoms with Gasteiger partial charge in [-0.1, -0.05) is 35.6 Å². The number of carbonyl (C=O) groups is 1. The summed E-state index contributed by atoms with van der Waals surface area (Å²) in [5, 5.41) is 21.2. The van der Waals surface area contributed by atoms with Crippen LogP contribution in [-0.2, 0) is 4.79 Å². The van der Waals surface area contributed by atoms with Gasteiger partial charge in [0.05, 0.1) is 6.04 Å². The van der Waals surface area contributed by atoms with E-state index in [4.69, 9.17) is 0 Å².